The van der Waals surface area contributed by atoms with E-state index in [4.69, 9.17) is 19.9 Å². The van der Waals surface area contributed by atoms with E-state index in [1.54, 1.807) is 28.3 Å². The van der Waals surface area contributed by atoms with E-state index in [9.17, 15) is 14.7 Å². The molecule has 0 aromatic heterocycles. The first-order valence-electron chi connectivity index (χ1n) is 14.5. The first kappa shape index (κ1) is 35.7. The van der Waals surface area contributed by atoms with E-state index in [1.807, 2.05) is 39.0 Å². The number of benzene rings is 1. The number of methoxy groups -OCH3 is 2. The zero-order valence-corrected chi connectivity index (χ0v) is 26.2. The van der Waals surface area contributed by atoms with Crippen LogP contribution in [-0.4, -0.2) is 81.5 Å². The molecule has 9 heteroatoms. The number of aliphatic hydroxyl groups is 1. The normalized spacial score (nSPS) is 15.3. The fraction of sp³-hybridized carbons (Fsp3) is 0.742. The SMILES string of the molecule is COCCCOc1cc(C[C@@H](C[C@H](N)[C@@H](O)C[C@H](C(=O)NC(C)CC(=O)N(C)C)C(C)C)C(C)C)ccc1OC. The van der Waals surface area contributed by atoms with Crippen LogP contribution in [0.25, 0.3) is 0 Å². The van der Waals surface area contributed by atoms with E-state index in [2.05, 4.69) is 19.2 Å². The monoisotopic (exact) mass is 565 g/mol. The van der Waals surface area contributed by atoms with E-state index >= 15 is 0 Å². The quantitative estimate of drug-likeness (QED) is 0.219. The van der Waals surface area contributed by atoms with Crippen LogP contribution in [0.15, 0.2) is 18.2 Å². The summed E-state index contributed by atoms with van der Waals surface area (Å²) in [6.07, 6.45) is 1.86. The maximum absolute atomic E-state index is 13.1. The molecule has 230 valence electrons. The Morgan fingerprint density at radius 2 is 1.68 bits per heavy atom. The lowest BCUT2D eigenvalue weighted by Crippen LogP contribution is -2.45. The fourth-order valence-electron chi connectivity index (χ4n) is 4.71. The summed E-state index contributed by atoms with van der Waals surface area (Å²) in [5.74, 6) is 1.36. The number of nitrogens with one attached hydrogen (secondary N) is 1. The molecule has 0 bridgehead atoms. The molecule has 0 fully saturated rings. The molecule has 1 unspecified atom stereocenters. The van der Waals surface area contributed by atoms with Gasteiger partial charge >= 0.3 is 0 Å². The van der Waals surface area contributed by atoms with Crippen LogP contribution in [0.4, 0.5) is 0 Å². The molecule has 2 amide bonds. The molecule has 1 aromatic rings. The average molecular weight is 566 g/mol. The number of hydrogen-bond acceptors (Lipinski definition) is 7. The molecule has 0 aliphatic heterocycles. The van der Waals surface area contributed by atoms with Crippen LogP contribution in [0.5, 0.6) is 11.5 Å². The van der Waals surface area contributed by atoms with Gasteiger partial charge in [-0.2, -0.15) is 0 Å². The molecule has 0 saturated carbocycles. The van der Waals surface area contributed by atoms with Gasteiger partial charge in [0.15, 0.2) is 11.5 Å². The van der Waals surface area contributed by atoms with Crippen molar-refractivity contribution in [2.45, 2.75) is 84.9 Å². The molecule has 1 rings (SSSR count). The van der Waals surface area contributed by atoms with Crippen molar-refractivity contribution in [2.24, 2.45) is 29.4 Å². The Labute approximate surface area is 242 Å². The Kier molecular flexibility index (Phi) is 16.2. The zero-order valence-electron chi connectivity index (χ0n) is 26.2. The van der Waals surface area contributed by atoms with Crippen molar-refractivity contribution >= 4 is 11.8 Å². The lowest BCUT2D eigenvalue weighted by Gasteiger charge is -2.30. The Balaban J connectivity index is 2.85. The highest BCUT2D eigenvalue weighted by Gasteiger charge is 2.30. The number of nitrogens with zero attached hydrogens (tertiary/aromatic N) is 1. The molecule has 9 nitrogen and oxygen atoms in total. The van der Waals surface area contributed by atoms with Gasteiger partial charge in [-0.05, 0) is 61.6 Å². The number of aliphatic hydroxyl groups excluding tert-OH is 1. The topological polar surface area (TPSA) is 123 Å². The smallest absolute Gasteiger partial charge is 0.224 e. The van der Waals surface area contributed by atoms with Crippen molar-refractivity contribution in [3.63, 3.8) is 0 Å². The molecule has 0 spiro atoms. The number of ether oxygens (including phenoxy) is 3. The van der Waals surface area contributed by atoms with Gasteiger partial charge in [-0.1, -0.05) is 33.8 Å². The van der Waals surface area contributed by atoms with Crippen LogP contribution in [-0.2, 0) is 20.7 Å². The van der Waals surface area contributed by atoms with Crippen molar-refractivity contribution in [3.05, 3.63) is 23.8 Å². The summed E-state index contributed by atoms with van der Waals surface area (Å²) >= 11 is 0. The summed E-state index contributed by atoms with van der Waals surface area (Å²) in [5, 5.41) is 14.0. The second kappa shape index (κ2) is 18.1. The Hall–Kier alpha value is -2.36. The van der Waals surface area contributed by atoms with Crippen molar-refractivity contribution in [3.8, 4) is 11.5 Å². The minimum Gasteiger partial charge on any atom is -0.493 e. The fourth-order valence-corrected chi connectivity index (χ4v) is 4.71. The third-order valence-corrected chi connectivity index (χ3v) is 7.49. The molecule has 5 atom stereocenters. The standard InChI is InChI=1S/C31H55N3O6/c1-20(2)24(16-23-11-12-28(39-9)29(17-23)40-14-10-13-38-8)18-26(32)27(35)19-25(21(3)4)31(37)33-22(5)15-30(36)34(6)7/h11-12,17,20-22,24-27,35H,10,13-16,18-19,32H2,1-9H3,(H,33,37)/t22?,24-,25-,26-,27-/m0/s1. The second-order valence-electron chi connectivity index (χ2n) is 11.8. The van der Waals surface area contributed by atoms with Gasteiger partial charge in [0.1, 0.15) is 0 Å². The highest BCUT2D eigenvalue weighted by atomic mass is 16.5. The molecular formula is C31H55N3O6. The maximum atomic E-state index is 13.1. The van der Waals surface area contributed by atoms with Gasteiger partial charge in [-0.25, -0.2) is 0 Å². The lowest BCUT2D eigenvalue weighted by molar-refractivity contribution is -0.130. The summed E-state index contributed by atoms with van der Waals surface area (Å²) in [6.45, 7) is 11.2. The number of rotatable bonds is 19. The van der Waals surface area contributed by atoms with Gasteiger partial charge in [0, 0.05) is 58.7 Å². The van der Waals surface area contributed by atoms with Crippen LogP contribution >= 0.6 is 0 Å². The zero-order chi connectivity index (χ0) is 30.4. The van der Waals surface area contributed by atoms with Crippen LogP contribution in [0.3, 0.4) is 0 Å². The van der Waals surface area contributed by atoms with E-state index < -0.39 is 18.1 Å². The van der Waals surface area contributed by atoms with E-state index in [0.29, 0.717) is 37.1 Å². The summed E-state index contributed by atoms with van der Waals surface area (Å²) in [7, 11) is 6.69. The summed E-state index contributed by atoms with van der Waals surface area (Å²) in [6, 6.07) is 5.21. The summed E-state index contributed by atoms with van der Waals surface area (Å²) in [5.41, 5.74) is 7.65. The minimum absolute atomic E-state index is 0.0149. The summed E-state index contributed by atoms with van der Waals surface area (Å²) in [4.78, 5) is 26.6. The largest absolute Gasteiger partial charge is 0.493 e. The Morgan fingerprint density at radius 3 is 2.23 bits per heavy atom. The number of hydrogen-bond donors (Lipinski definition) is 3. The molecule has 0 radical (unpaired) electrons. The van der Waals surface area contributed by atoms with Crippen LogP contribution in [0.2, 0.25) is 0 Å². The van der Waals surface area contributed by atoms with Crippen molar-refractivity contribution in [2.75, 3.05) is 41.5 Å². The molecule has 0 heterocycles. The van der Waals surface area contributed by atoms with Gasteiger partial charge in [-0.15, -0.1) is 0 Å². The third-order valence-electron chi connectivity index (χ3n) is 7.49. The minimum atomic E-state index is -0.825. The van der Waals surface area contributed by atoms with Gasteiger partial charge in [0.25, 0.3) is 0 Å². The predicted molar refractivity (Wildman–Crippen MR) is 159 cm³/mol. The van der Waals surface area contributed by atoms with E-state index in [-0.39, 0.29) is 42.5 Å². The van der Waals surface area contributed by atoms with Crippen LogP contribution in [0.1, 0.15) is 65.9 Å². The lowest BCUT2D eigenvalue weighted by atomic mass is 9.80. The van der Waals surface area contributed by atoms with Gasteiger partial charge in [0.2, 0.25) is 11.8 Å². The first-order valence-corrected chi connectivity index (χ1v) is 14.5. The molecule has 1 aromatic carbocycles. The Morgan fingerprint density at radius 1 is 1.00 bits per heavy atom. The third kappa shape index (κ3) is 12.4. The van der Waals surface area contributed by atoms with Crippen molar-refractivity contribution in [1.82, 2.24) is 10.2 Å². The maximum Gasteiger partial charge on any atom is 0.224 e. The molecule has 0 aliphatic carbocycles. The molecule has 40 heavy (non-hydrogen) atoms. The number of nitrogens with two attached hydrogens (primary N) is 1. The van der Waals surface area contributed by atoms with Gasteiger partial charge < -0.3 is 35.3 Å². The average Bonchev–Trinajstić information content (AvgIpc) is 2.88. The number of carbonyl (C=O) groups is 2. The van der Waals surface area contributed by atoms with E-state index in [1.165, 1.54) is 4.90 Å². The molecule has 0 aliphatic rings. The van der Waals surface area contributed by atoms with Crippen LogP contribution < -0.4 is 20.5 Å². The van der Waals surface area contributed by atoms with Crippen molar-refractivity contribution in [1.29, 1.82) is 0 Å². The molecular weight excluding hydrogens is 510 g/mol. The molecule has 0 saturated heterocycles. The highest BCUT2D eigenvalue weighted by molar-refractivity contribution is 5.81. The van der Waals surface area contributed by atoms with Gasteiger partial charge in [0.05, 0.1) is 19.8 Å². The highest BCUT2D eigenvalue weighted by Crippen LogP contribution is 2.31. The Bertz CT molecular complexity index is 892. The van der Waals surface area contributed by atoms with E-state index in [0.717, 1.165) is 18.4 Å². The first-order chi connectivity index (χ1) is 18.8. The predicted octanol–water partition coefficient (Wildman–Crippen LogP) is 3.65. The van der Waals surface area contributed by atoms with Gasteiger partial charge in [-0.3, -0.25) is 9.59 Å². The summed E-state index contributed by atoms with van der Waals surface area (Å²) < 4.78 is 16.5. The number of carbonyl (C=O) groups excluding carboxylic acids is 2. The van der Waals surface area contributed by atoms with Crippen LogP contribution in [0, 0.1) is 23.7 Å². The second-order valence-corrected chi connectivity index (χ2v) is 11.8. The van der Waals surface area contributed by atoms with Crippen molar-refractivity contribution < 1.29 is 28.9 Å². The molecule has 4 N–H and O–H groups in total. The number of amides is 2.